The van der Waals surface area contributed by atoms with E-state index in [0.717, 1.165) is 11.3 Å². The van der Waals surface area contributed by atoms with Gasteiger partial charge in [-0.1, -0.05) is 41.9 Å². The number of hydrogen-bond donors (Lipinski definition) is 0. The fourth-order valence-corrected chi connectivity index (χ4v) is 2.61. The van der Waals surface area contributed by atoms with Gasteiger partial charge in [-0.25, -0.2) is 4.68 Å². The van der Waals surface area contributed by atoms with Crippen molar-refractivity contribution in [1.29, 1.82) is 5.26 Å². The van der Waals surface area contributed by atoms with Crippen molar-refractivity contribution in [1.82, 2.24) is 14.7 Å². The first-order chi connectivity index (χ1) is 11.6. The molecule has 124 valence electrons. The molecule has 1 aromatic heterocycles. The molecule has 0 saturated carbocycles. The molecule has 1 aromatic carbocycles. The topological polar surface area (TPSA) is 61.9 Å². The lowest BCUT2D eigenvalue weighted by atomic mass is 10.2. The summed E-state index contributed by atoms with van der Waals surface area (Å²) < 4.78 is 1.71. The molecule has 0 radical (unpaired) electrons. The summed E-state index contributed by atoms with van der Waals surface area (Å²) in [5.41, 5.74) is 2.57. The van der Waals surface area contributed by atoms with E-state index in [1.165, 1.54) is 11.0 Å². The largest absolute Gasteiger partial charge is 0.326 e. The standard InChI is InChI=1S/C18H19ClN4O/c1-3-22(12-11-20)17(24)10-9-16-14(2)21-23(18(16)19)13-15-7-5-4-6-8-15/h4-10H,3,12-13H2,1-2H3. The molecule has 1 heterocycles. The summed E-state index contributed by atoms with van der Waals surface area (Å²) in [4.78, 5) is 13.5. The molecule has 1 amide bonds. The smallest absolute Gasteiger partial charge is 0.247 e. The zero-order valence-electron chi connectivity index (χ0n) is 13.7. The molecule has 2 aromatic rings. The molecule has 0 saturated heterocycles. The van der Waals surface area contributed by atoms with Crippen LogP contribution < -0.4 is 0 Å². The van der Waals surface area contributed by atoms with Crippen molar-refractivity contribution in [3.8, 4) is 6.07 Å². The van der Waals surface area contributed by atoms with Crippen LogP contribution in [0.15, 0.2) is 36.4 Å². The van der Waals surface area contributed by atoms with E-state index >= 15 is 0 Å². The second-order valence-corrected chi connectivity index (χ2v) is 5.64. The van der Waals surface area contributed by atoms with Crippen LogP contribution in [-0.4, -0.2) is 33.7 Å². The molecule has 5 nitrogen and oxygen atoms in total. The van der Waals surface area contributed by atoms with Crippen molar-refractivity contribution in [2.75, 3.05) is 13.1 Å². The normalized spacial score (nSPS) is 10.8. The van der Waals surface area contributed by atoms with Crippen molar-refractivity contribution in [2.24, 2.45) is 0 Å². The SMILES string of the molecule is CCN(CC#N)C(=O)C=Cc1c(C)nn(Cc2ccccc2)c1Cl. The summed E-state index contributed by atoms with van der Waals surface area (Å²) in [6, 6.07) is 11.9. The number of hydrogen-bond acceptors (Lipinski definition) is 3. The molecule has 6 heteroatoms. The zero-order valence-corrected chi connectivity index (χ0v) is 14.5. The van der Waals surface area contributed by atoms with Gasteiger partial charge in [-0.15, -0.1) is 0 Å². The molecule has 2 rings (SSSR count). The zero-order chi connectivity index (χ0) is 17.5. The number of carbonyl (C=O) groups is 1. The Hall–Kier alpha value is -2.58. The number of likely N-dealkylation sites (N-methyl/N-ethyl adjacent to an activating group) is 1. The van der Waals surface area contributed by atoms with Crippen LogP contribution in [-0.2, 0) is 11.3 Å². The highest BCUT2D eigenvalue weighted by Crippen LogP contribution is 2.22. The van der Waals surface area contributed by atoms with E-state index in [0.29, 0.717) is 23.8 Å². The van der Waals surface area contributed by atoms with Gasteiger partial charge in [0.2, 0.25) is 5.91 Å². The van der Waals surface area contributed by atoms with E-state index in [9.17, 15) is 4.79 Å². The summed E-state index contributed by atoms with van der Waals surface area (Å²) >= 11 is 6.41. The van der Waals surface area contributed by atoms with Gasteiger partial charge in [0.05, 0.1) is 18.3 Å². The molecule has 0 aliphatic rings. The highest BCUT2D eigenvalue weighted by molar-refractivity contribution is 6.31. The van der Waals surface area contributed by atoms with Crippen molar-refractivity contribution in [3.05, 3.63) is 58.4 Å². The lowest BCUT2D eigenvalue weighted by Gasteiger charge is -2.14. The van der Waals surface area contributed by atoms with Gasteiger partial charge in [0, 0.05) is 18.2 Å². The molecule has 24 heavy (non-hydrogen) atoms. The number of halogens is 1. The molecule has 0 unspecified atom stereocenters. The maximum absolute atomic E-state index is 12.1. The number of nitriles is 1. The lowest BCUT2D eigenvalue weighted by Crippen LogP contribution is -2.29. The van der Waals surface area contributed by atoms with Gasteiger partial charge >= 0.3 is 0 Å². The maximum atomic E-state index is 12.1. The van der Waals surface area contributed by atoms with Crippen LogP contribution in [0.3, 0.4) is 0 Å². The molecule has 0 bridgehead atoms. The predicted molar refractivity (Wildman–Crippen MR) is 94.4 cm³/mol. The number of benzene rings is 1. The summed E-state index contributed by atoms with van der Waals surface area (Å²) in [5, 5.41) is 13.7. The molecule has 0 fully saturated rings. The number of aryl methyl sites for hydroxylation is 1. The van der Waals surface area contributed by atoms with Crippen LogP contribution in [0.25, 0.3) is 6.08 Å². The van der Waals surface area contributed by atoms with E-state index in [1.807, 2.05) is 50.2 Å². The van der Waals surface area contributed by atoms with Crippen LogP contribution in [0.5, 0.6) is 0 Å². The van der Waals surface area contributed by atoms with E-state index < -0.39 is 0 Å². The van der Waals surface area contributed by atoms with Gasteiger partial charge in [-0.05, 0) is 25.5 Å². The van der Waals surface area contributed by atoms with Crippen LogP contribution in [0.2, 0.25) is 5.15 Å². The highest BCUT2D eigenvalue weighted by Gasteiger charge is 2.13. The summed E-state index contributed by atoms with van der Waals surface area (Å²) in [6.45, 7) is 4.80. The van der Waals surface area contributed by atoms with Gasteiger partial charge < -0.3 is 4.90 Å². The number of rotatable bonds is 6. The Kier molecular flexibility index (Phi) is 6.16. The van der Waals surface area contributed by atoms with Crippen molar-refractivity contribution >= 4 is 23.6 Å². The van der Waals surface area contributed by atoms with Crippen molar-refractivity contribution < 1.29 is 4.79 Å². The van der Waals surface area contributed by atoms with Gasteiger partial charge in [-0.3, -0.25) is 4.79 Å². The van der Waals surface area contributed by atoms with Crippen LogP contribution in [0, 0.1) is 18.3 Å². The van der Waals surface area contributed by atoms with Crippen LogP contribution in [0.4, 0.5) is 0 Å². The van der Waals surface area contributed by atoms with E-state index in [4.69, 9.17) is 16.9 Å². The fourth-order valence-electron chi connectivity index (χ4n) is 2.31. The molecule has 0 spiro atoms. The first kappa shape index (κ1) is 17.8. The van der Waals surface area contributed by atoms with Crippen LogP contribution in [0.1, 0.15) is 23.7 Å². The third-order valence-corrected chi connectivity index (χ3v) is 4.03. The summed E-state index contributed by atoms with van der Waals surface area (Å²) in [5.74, 6) is -0.217. The third-order valence-electron chi connectivity index (χ3n) is 3.63. The maximum Gasteiger partial charge on any atom is 0.247 e. The molecular formula is C18H19ClN4O. The minimum Gasteiger partial charge on any atom is -0.326 e. The monoisotopic (exact) mass is 342 g/mol. The Labute approximate surface area is 146 Å². The van der Waals surface area contributed by atoms with E-state index in [-0.39, 0.29) is 12.5 Å². The van der Waals surface area contributed by atoms with Crippen LogP contribution >= 0.6 is 11.6 Å². The van der Waals surface area contributed by atoms with Crippen molar-refractivity contribution in [3.63, 3.8) is 0 Å². The quantitative estimate of drug-likeness (QED) is 0.598. The molecular weight excluding hydrogens is 324 g/mol. The molecule has 0 N–H and O–H groups in total. The number of nitrogens with zero attached hydrogens (tertiary/aromatic N) is 4. The lowest BCUT2D eigenvalue weighted by molar-refractivity contribution is -0.125. The summed E-state index contributed by atoms with van der Waals surface area (Å²) in [7, 11) is 0. The first-order valence-corrected chi connectivity index (χ1v) is 8.05. The molecule has 0 atom stereocenters. The Morgan fingerprint density at radius 3 is 2.75 bits per heavy atom. The Morgan fingerprint density at radius 1 is 1.42 bits per heavy atom. The first-order valence-electron chi connectivity index (χ1n) is 7.67. The third kappa shape index (κ3) is 4.24. The second-order valence-electron chi connectivity index (χ2n) is 5.28. The second kappa shape index (κ2) is 8.32. The Morgan fingerprint density at radius 2 is 2.12 bits per heavy atom. The number of aromatic nitrogens is 2. The van der Waals surface area contributed by atoms with E-state index in [2.05, 4.69) is 5.10 Å². The van der Waals surface area contributed by atoms with Gasteiger partial charge in [0.15, 0.2) is 0 Å². The Bertz CT molecular complexity index is 774. The predicted octanol–water partition coefficient (Wildman–Crippen LogP) is 3.28. The van der Waals surface area contributed by atoms with Gasteiger partial charge in [0.25, 0.3) is 0 Å². The average molecular weight is 343 g/mol. The van der Waals surface area contributed by atoms with E-state index in [1.54, 1.807) is 10.8 Å². The number of amides is 1. The summed E-state index contributed by atoms with van der Waals surface area (Å²) in [6.07, 6.45) is 3.10. The number of carbonyl (C=O) groups excluding carboxylic acids is 1. The highest BCUT2D eigenvalue weighted by atomic mass is 35.5. The van der Waals surface area contributed by atoms with Gasteiger partial charge in [-0.2, -0.15) is 10.4 Å². The molecule has 0 aliphatic carbocycles. The minimum absolute atomic E-state index is 0.0691. The van der Waals surface area contributed by atoms with Crippen molar-refractivity contribution in [2.45, 2.75) is 20.4 Å². The molecule has 0 aliphatic heterocycles. The van der Waals surface area contributed by atoms with Gasteiger partial charge in [0.1, 0.15) is 11.7 Å². The Balaban J connectivity index is 2.18. The fraction of sp³-hybridized carbons (Fsp3) is 0.278. The minimum atomic E-state index is -0.217. The average Bonchev–Trinajstić information content (AvgIpc) is 2.85.